The van der Waals surface area contributed by atoms with Gasteiger partial charge in [0, 0.05) is 57.6 Å². The molecule has 0 radical (unpaired) electrons. The van der Waals surface area contributed by atoms with Crippen LogP contribution in [0, 0.1) is 0 Å². The van der Waals surface area contributed by atoms with Crippen LogP contribution in [0.2, 0.25) is 0 Å². The Hall–Kier alpha value is 1.90. The second kappa shape index (κ2) is 20.7. The van der Waals surface area contributed by atoms with Crippen molar-refractivity contribution in [1.29, 1.82) is 0 Å². The number of hydrogen-bond acceptors (Lipinski definition) is 0. The van der Waals surface area contributed by atoms with Gasteiger partial charge < -0.3 is 0 Å². The van der Waals surface area contributed by atoms with Crippen molar-refractivity contribution in [3.63, 3.8) is 0 Å². The van der Waals surface area contributed by atoms with Crippen molar-refractivity contribution in [1.82, 2.24) is 0 Å². The van der Waals surface area contributed by atoms with Gasteiger partial charge in [0.15, 0.2) is 0 Å². The number of rotatable bonds is 0. The van der Waals surface area contributed by atoms with Crippen LogP contribution in [0.25, 0.3) is 0 Å². The molecule has 0 amide bonds. The first kappa shape index (κ1) is 39.3. The van der Waals surface area contributed by atoms with E-state index in [-0.39, 0.29) is 66.0 Å². The molecule has 0 aliphatic carbocycles. The Morgan fingerprint density at radius 2 is 1.00 bits per heavy atom. The van der Waals surface area contributed by atoms with Crippen molar-refractivity contribution in [2.24, 2.45) is 0 Å². The summed E-state index contributed by atoms with van der Waals surface area (Å²) in [4.78, 5) is 0. The van der Waals surface area contributed by atoms with E-state index in [1.54, 1.807) is 0 Å². The van der Waals surface area contributed by atoms with E-state index in [2.05, 4.69) is 0 Å². The van der Waals surface area contributed by atoms with Crippen molar-refractivity contribution >= 4 is 8.41 Å². The Morgan fingerprint density at radius 1 is 1.00 bits per heavy atom. The fourth-order valence-corrected chi connectivity index (χ4v) is 0. The molecule has 0 aromatic rings. The van der Waals surface area contributed by atoms with Crippen LogP contribution in [0.15, 0.2) is 0 Å². The van der Waals surface area contributed by atoms with Crippen LogP contribution in [0.3, 0.4) is 0 Å². The standard InChI is InChI=1S/BH3.Fe.Mo.Zn/h1H3;;;. The molecule has 0 aromatic carbocycles. The molecule has 0 aliphatic rings. The third kappa shape index (κ3) is 9.09. The molecule has 0 atom stereocenters. The summed E-state index contributed by atoms with van der Waals surface area (Å²) < 4.78 is 0. The molecule has 22 valence electrons. The summed E-state index contributed by atoms with van der Waals surface area (Å²) in [6, 6.07) is 0. The van der Waals surface area contributed by atoms with Gasteiger partial charge in [-0.15, -0.1) is 0 Å². The van der Waals surface area contributed by atoms with E-state index in [9.17, 15) is 0 Å². The average molecular weight is 231 g/mol. The van der Waals surface area contributed by atoms with Gasteiger partial charge >= 0.3 is 0 Å². The molecular formula is H3BFeMoZn. The van der Waals surface area contributed by atoms with Gasteiger partial charge in [0.2, 0.25) is 0 Å². The van der Waals surface area contributed by atoms with Gasteiger partial charge in [-0.05, 0) is 0 Å². The maximum Gasteiger partial charge on any atom is 0.0814 e. The molecule has 0 N–H and O–H groups in total. The molecule has 0 unspecified atom stereocenters. The topological polar surface area (TPSA) is 0 Å². The molecular weight excluding hydrogens is 228 g/mol. The van der Waals surface area contributed by atoms with Crippen LogP contribution in [-0.2, 0) is 57.6 Å². The van der Waals surface area contributed by atoms with Crippen molar-refractivity contribution in [2.45, 2.75) is 0 Å². The fraction of sp³-hybridized carbons (Fsp3) is 0. The summed E-state index contributed by atoms with van der Waals surface area (Å²) >= 11 is 0. The maximum absolute atomic E-state index is 0. The third-order valence-corrected chi connectivity index (χ3v) is 0. The maximum atomic E-state index is 0. The minimum atomic E-state index is 0. The zero-order chi connectivity index (χ0) is 0. The predicted molar refractivity (Wildman–Crippen MR) is 9.94 cm³/mol. The van der Waals surface area contributed by atoms with Crippen molar-refractivity contribution < 1.29 is 57.6 Å². The fourth-order valence-electron chi connectivity index (χ4n) is 0. The molecule has 0 bridgehead atoms. The molecule has 0 saturated carbocycles. The van der Waals surface area contributed by atoms with Crippen molar-refractivity contribution in [2.75, 3.05) is 0 Å². The summed E-state index contributed by atoms with van der Waals surface area (Å²) in [7, 11) is 0. The average Bonchev–Trinajstić information content (AvgIpc) is 0. The van der Waals surface area contributed by atoms with Gasteiger partial charge in [0.1, 0.15) is 0 Å². The van der Waals surface area contributed by atoms with Crippen molar-refractivity contribution in [3.8, 4) is 0 Å². The van der Waals surface area contributed by atoms with Gasteiger partial charge in [-0.3, -0.25) is 0 Å². The zero-order valence-electron chi connectivity index (χ0n) is 1.47. The Bertz CT molecular complexity index is 8.00. The van der Waals surface area contributed by atoms with E-state index < -0.39 is 0 Å². The SMILES string of the molecule is B.[Fe].[Mo].[Zn]. The summed E-state index contributed by atoms with van der Waals surface area (Å²) in [5, 5.41) is 0. The summed E-state index contributed by atoms with van der Waals surface area (Å²) in [6.45, 7) is 0. The largest absolute Gasteiger partial charge is 0.0814 e. The van der Waals surface area contributed by atoms with Gasteiger partial charge in [-0.25, -0.2) is 0 Å². The monoisotopic (exact) mass is 232 g/mol. The number of hydrogen-bond donors (Lipinski definition) is 0. The molecule has 0 spiro atoms. The zero-order valence-corrected chi connectivity index (χ0v) is 7.55. The van der Waals surface area contributed by atoms with Gasteiger partial charge in [-0.1, -0.05) is 0 Å². The Morgan fingerprint density at radius 3 is 1.00 bits per heavy atom. The van der Waals surface area contributed by atoms with Gasteiger partial charge in [-0.2, -0.15) is 0 Å². The molecule has 4 heteroatoms. The van der Waals surface area contributed by atoms with Gasteiger partial charge in [0.05, 0.1) is 8.41 Å². The first-order valence-electron chi connectivity index (χ1n) is 0. The van der Waals surface area contributed by atoms with Crippen LogP contribution in [0.1, 0.15) is 0 Å². The van der Waals surface area contributed by atoms with Crippen LogP contribution in [-0.4, -0.2) is 8.41 Å². The molecule has 0 aliphatic heterocycles. The molecule has 4 heavy (non-hydrogen) atoms. The quantitative estimate of drug-likeness (QED) is 0.460. The summed E-state index contributed by atoms with van der Waals surface area (Å²) in [5.74, 6) is 0. The summed E-state index contributed by atoms with van der Waals surface area (Å²) in [5.41, 5.74) is 0. The second-order valence-corrected chi connectivity index (χ2v) is 0. The predicted octanol–water partition coefficient (Wildman–Crippen LogP) is -1.19. The van der Waals surface area contributed by atoms with E-state index in [1.807, 2.05) is 0 Å². The van der Waals surface area contributed by atoms with Crippen LogP contribution >= 0.6 is 0 Å². The molecule has 0 aromatic heterocycles. The second-order valence-electron chi connectivity index (χ2n) is 0. The minimum absolute atomic E-state index is 0. The van der Waals surface area contributed by atoms with Crippen molar-refractivity contribution in [3.05, 3.63) is 0 Å². The molecule has 0 rings (SSSR count). The Labute approximate surface area is 65.6 Å². The van der Waals surface area contributed by atoms with Crippen LogP contribution in [0.4, 0.5) is 0 Å². The normalized spacial score (nSPS) is 0. The third-order valence-electron chi connectivity index (χ3n) is 0. The first-order valence-corrected chi connectivity index (χ1v) is 0. The van der Waals surface area contributed by atoms with E-state index in [4.69, 9.17) is 0 Å². The van der Waals surface area contributed by atoms with Crippen LogP contribution in [0.5, 0.6) is 0 Å². The van der Waals surface area contributed by atoms with E-state index in [0.717, 1.165) is 0 Å². The molecule has 0 fully saturated rings. The molecule has 0 heterocycles. The minimum Gasteiger partial charge on any atom is 0 e. The van der Waals surface area contributed by atoms with E-state index in [1.165, 1.54) is 0 Å². The van der Waals surface area contributed by atoms with E-state index in [0.29, 0.717) is 0 Å². The molecule has 0 nitrogen and oxygen atoms in total. The van der Waals surface area contributed by atoms with E-state index >= 15 is 0 Å². The first-order chi connectivity index (χ1) is 0. The summed E-state index contributed by atoms with van der Waals surface area (Å²) in [6.07, 6.45) is 0. The smallest absolute Gasteiger partial charge is 0 e. The molecule has 0 saturated heterocycles. The van der Waals surface area contributed by atoms with Gasteiger partial charge in [0.25, 0.3) is 0 Å². The Balaban J connectivity index is 0. The Kier molecular flexibility index (Phi) is 203. The van der Waals surface area contributed by atoms with Crippen LogP contribution < -0.4 is 0 Å².